The molecule has 0 unspecified atom stereocenters. The average molecular weight is 373 g/mol. The average Bonchev–Trinajstić information content (AvgIpc) is 2.85. The first-order valence-corrected chi connectivity index (χ1v) is 9.60. The third-order valence-corrected chi connectivity index (χ3v) is 5.70. The van der Waals surface area contributed by atoms with Crippen LogP contribution in [0.1, 0.15) is 0 Å². The van der Waals surface area contributed by atoms with E-state index in [4.69, 9.17) is 21.4 Å². The fourth-order valence-electron chi connectivity index (χ4n) is 2.10. The second-order valence-corrected chi connectivity index (χ2v) is 8.28. The number of fused-ring (bicyclic) bond motifs is 1. The van der Waals surface area contributed by atoms with Crippen molar-refractivity contribution in [1.29, 1.82) is 0 Å². The summed E-state index contributed by atoms with van der Waals surface area (Å²) < 4.78 is 24.3. The molecular weight excluding hydrogens is 362 g/mol. The van der Waals surface area contributed by atoms with Crippen molar-refractivity contribution in [3.8, 4) is 11.1 Å². The lowest BCUT2D eigenvalue weighted by Crippen LogP contribution is -1.83. The first-order valence-electron chi connectivity index (χ1n) is 6.44. The minimum absolute atomic E-state index is 0.362. The Bertz CT molecular complexity index is 928. The zero-order valence-electron chi connectivity index (χ0n) is 11.5. The van der Waals surface area contributed by atoms with Crippen molar-refractivity contribution in [2.45, 2.75) is 5.16 Å². The summed E-state index contributed by atoms with van der Waals surface area (Å²) >= 11 is 7.18. The molecule has 0 spiro atoms. The first-order chi connectivity index (χ1) is 10.8. The maximum Gasteiger partial charge on any atom is 0.335 e. The van der Waals surface area contributed by atoms with Crippen molar-refractivity contribution >= 4 is 42.0 Å². The van der Waals surface area contributed by atoms with E-state index in [9.17, 15) is 8.96 Å². The van der Waals surface area contributed by atoms with E-state index in [1.807, 2.05) is 0 Å². The van der Waals surface area contributed by atoms with Crippen molar-refractivity contribution < 1.29 is 18.7 Å². The molecule has 0 aliphatic carbocycles. The van der Waals surface area contributed by atoms with Crippen LogP contribution in [0.25, 0.3) is 22.2 Å². The minimum Gasteiger partial charge on any atom is -0.333 e. The highest BCUT2D eigenvalue weighted by Gasteiger charge is 2.16. The zero-order valence-corrected chi connectivity index (χ0v) is 14.0. The molecule has 0 saturated heterocycles. The molecular formula is C14H11ClFN2O3PS. The number of aromatic nitrogens is 2. The monoisotopic (exact) mass is 372 g/mol. The van der Waals surface area contributed by atoms with E-state index in [0.29, 0.717) is 32.3 Å². The van der Waals surface area contributed by atoms with E-state index in [1.54, 1.807) is 24.3 Å². The fourth-order valence-corrected chi connectivity index (χ4v) is 3.88. The second kappa shape index (κ2) is 6.26. The van der Waals surface area contributed by atoms with Gasteiger partial charge in [0, 0.05) is 5.56 Å². The van der Waals surface area contributed by atoms with Gasteiger partial charge in [-0.15, -0.1) is 0 Å². The Balaban J connectivity index is 1.99. The van der Waals surface area contributed by atoms with Gasteiger partial charge in [0.15, 0.2) is 5.16 Å². The lowest BCUT2D eigenvalue weighted by atomic mass is 10.0. The van der Waals surface area contributed by atoms with E-state index in [0.717, 1.165) is 11.8 Å². The lowest BCUT2D eigenvalue weighted by molar-refractivity contribution is 0.379. The van der Waals surface area contributed by atoms with Crippen molar-refractivity contribution in [3.05, 3.63) is 47.2 Å². The minimum atomic E-state index is -4.11. The molecule has 0 radical (unpaired) electrons. The Hall–Kier alpha value is -1.37. The Morgan fingerprint density at radius 3 is 2.78 bits per heavy atom. The number of rotatable bonds is 4. The van der Waals surface area contributed by atoms with Gasteiger partial charge in [-0.1, -0.05) is 35.5 Å². The summed E-state index contributed by atoms with van der Waals surface area (Å²) in [4.78, 5) is 25.0. The van der Waals surface area contributed by atoms with E-state index >= 15 is 0 Å². The lowest BCUT2D eigenvalue weighted by Gasteiger charge is -2.04. The molecule has 2 aromatic carbocycles. The van der Waals surface area contributed by atoms with Crippen molar-refractivity contribution in [3.63, 3.8) is 0 Å². The number of hydrogen-bond donors (Lipinski definition) is 3. The molecule has 0 saturated carbocycles. The fraction of sp³-hybridized carbons (Fsp3) is 0.0714. The molecule has 0 atom stereocenters. The number of halogens is 2. The third kappa shape index (κ3) is 3.94. The van der Waals surface area contributed by atoms with E-state index < -0.39 is 7.60 Å². The number of hydrogen-bond acceptors (Lipinski definition) is 3. The smallest absolute Gasteiger partial charge is 0.333 e. The predicted molar refractivity (Wildman–Crippen MR) is 89.3 cm³/mol. The molecule has 9 heteroatoms. The number of thioether (sulfide) groups is 1. The van der Waals surface area contributed by atoms with Gasteiger partial charge < -0.3 is 14.8 Å². The van der Waals surface area contributed by atoms with Gasteiger partial charge in [0.1, 0.15) is 11.3 Å². The van der Waals surface area contributed by atoms with Crippen LogP contribution in [0.3, 0.4) is 0 Å². The number of benzene rings is 2. The highest BCUT2D eigenvalue weighted by Crippen LogP contribution is 2.41. The summed E-state index contributed by atoms with van der Waals surface area (Å²) in [7, 11) is -4.11. The summed E-state index contributed by atoms with van der Waals surface area (Å²) in [5, 5.41) is 0.814. The van der Waals surface area contributed by atoms with Gasteiger partial charge in [-0.25, -0.2) is 9.37 Å². The van der Waals surface area contributed by atoms with Crippen molar-refractivity contribution in [2.75, 3.05) is 5.49 Å². The number of nitrogens with one attached hydrogen (secondary N) is 1. The first kappa shape index (κ1) is 16.5. The van der Waals surface area contributed by atoms with Crippen LogP contribution in [0, 0.1) is 5.82 Å². The largest absolute Gasteiger partial charge is 0.335 e. The normalized spacial score (nSPS) is 12.0. The molecule has 0 aliphatic rings. The highest BCUT2D eigenvalue weighted by atomic mass is 35.5. The summed E-state index contributed by atoms with van der Waals surface area (Å²) in [6.45, 7) is 0. The zero-order chi connectivity index (χ0) is 16.6. The third-order valence-electron chi connectivity index (χ3n) is 3.05. The van der Waals surface area contributed by atoms with Crippen molar-refractivity contribution in [1.82, 2.24) is 9.97 Å². The quantitative estimate of drug-likeness (QED) is 0.471. The molecule has 0 fully saturated rings. The summed E-state index contributed by atoms with van der Waals surface area (Å²) in [5.74, 6) is -0.362. The Labute approximate surface area is 140 Å². The molecule has 1 aromatic heterocycles. The van der Waals surface area contributed by atoms with Crippen LogP contribution in [0.4, 0.5) is 4.39 Å². The number of imidazole rings is 1. The Morgan fingerprint density at radius 1 is 1.30 bits per heavy atom. The molecule has 0 amide bonds. The molecule has 3 aromatic rings. The SMILES string of the molecule is O=P(O)(O)CSc1nc2cc(-c3cccc(F)c3)c(Cl)cc2[nH]1. The Kier molecular flexibility index (Phi) is 4.49. The molecule has 23 heavy (non-hydrogen) atoms. The van der Waals surface area contributed by atoms with Crippen LogP contribution in [-0.4, -0.2) is 25.2 Å². The van der Waals surface area contributed by atoms with Crippen LogP contribution >= 0.6 is 31.0 Å². The van der Waals surface area contributed by atoms with Gasteiger partial charge in [0.25, 0.3) is 0 Å². The molecule has 0 bridgehead atoms. The molecule has 3 N–H and O–H groups in total. The molecule has 1 heterocycles. The predicted octanol–water partition coefficient (Wildman–Crippen LogP) is 4.25. The molecule has 3 rings (SSSR count). The van der Waals surface area contributed by atoms with Crippen LogP contribution < -0.4 is 0 Å². The van der Waals surface area contributed by atoms with E-state index in [-0.39, 0.29) is 11.3 Å². The molecule has 120 valence electrons. The standard InChI is InChI=1S/C14H11ClFN2O3PS/c15-11-6-13-12(17-14(18-13)23-7-22(19,20)21)5-10(11)8-2-1-3-9(16)4-8/h1-6H,7H2,(H,17,18)(H2,19,20,21). The maximum atomic E-state index is 13.4. The van der Waals surface area contributed by atoms with Crippen LogP contribution in [-0.2, 0) is 4.57 Å². The van der Waals surface area contributed by atoms with Gasteiger partial charge >= 0.3 is 7.60 Å². The van der Waals surface area contributed by atoms with E-state index in [1.165, 1.54) is 12.1 Å². The Morgan fingerprint density at radius 2 is 2.09 bits per heavy atom. The maximum absolute atomic E-state index is 13.4. The number of H-pyrrole nitrogens is 1. The van der Waals surface area contributed by atoms with Crippen LogP contribution in [0.5, 0.6) is 0 Å². The van der Waals surface area contributed by atoms with Gasteiger partial charge in [-0.05, 0) is 29.8 Å². The van der Waals surface area contributed by atoms with E-state index in [2.05, 4.69) is 9.97 Å². The summed E-state index contributed by atoms with van der Waals surface area (Å²) in [5.41, 5.74) is 2.13. The van der Waals surface area contributed by atoms with Crippen LogP contribution in [0.2, 0.25) is 5.02 Å². The van der Waals surface area contributed by atoms with Crippen molar-refractivity contribution in [2.24, 2.45) is 0 Å². The highest BCUT2D eigenvalue weighted by molar-refractivity contribution is 8.04. The van der Waals surface area contributed by atoms with Gasteiger partial charge in [0.05, 0.1) is 16.1 Å². The molecule has 5 nitrogen and oxygen atoms in total. The van der Waals surface area contributed by atoms with Gasteiger partial charge in [0.2, 0.25) is 0 Å². The topological polar surface area (TPSA) is 86.2 Å². The molecule has 0 aliphatic heterocycles. The second-order valence-electron chi connectivity index (χ2n) is 4.84. The summed E-state index contributed by atoms with van der Waals surface area (Å²) in [6.07, 6.45) is 0. The number of nitrogens with zero attached hydrogens (tertiary/aromatic N) is 1. The van der Waals surface area contributed by atoms with Gasteiger partial charge in [-0.2, -0.15) is 0 Å². The van der Waals surface area contributed by atoms with Gasteiger partial charge in [-0.3, -0.25) is 4.57 Å². The number of aromatic amines is 1. The van der Waals surface area contributed by atoms with Crippen LogP contribution in [0.15, 0.2) is 41.6 Å². The summed E-state index contributed by atoms with van der Waals surface area (Å²) in [6, 6.07) is 9.43.